The number of hydrogen-bond acceptors (Lipinski definition) is 4. The zero-order valence-electron chi connectivity index (χ0n) is 12.5. The minimum atomic E-state index is -4.78. The summed E-state index contributed by atoms with van der Waals surface area (Å²) in [5, 5.41) is 7.69. The van der Waals surface area contributed by atoms with Crippen LogP contribution in [-0.2, 0) is 12.7 Å². The van der Waals surface area contributed by atoms with Gasteiger partial charge in [0.1, 0.15) is 12.1 Å². The van der Waals surface area contributed by atoms with E-state index in [-0.39, 0.29) is 18.0 Å². The van der Waals surface area contributed by atoms with Gasteiger partial charge in [-0.3, -0.25) is 4.79 Å². The summed E-state index contributed by atoms with van der Waals surface area (Å²) < 4.78 is 45.3. The summed E-state index contributed by atoms with van der Waals surface area (Å²) in [4.78, 5) is 12.1. The molecular weight excluding hydrogens is 323 g/mol. The summed E-state index contributed by atoms with van der Waals surface area (Å²) in [6.07, 6.45) is -4.78. The van der Waals surface area contributed by atoms with E-state index in [2.05, 4.69) is 10.3 Å². The van der Waals surface area contributed by atoms with Crippen molar-refractivity contribution in [2.24, 2.45) is 0 Å². The molecule has 0 saturated carbocycles. The molecule has 0 amide bonds. The molecule has 0 radical (unpaired) electrons. The number of nitrogens with zero attached hydrogens (tertiary/aromatic N) is 3. The van der Waals surface area contributed by atoms with E-state index in [1.54, 1.807) is 37.3 Å². The molecule has 0 bridgehead atoms. The molecule has 2 heterocycles. The van der Waals surface area contributed by atoms with E-state index in [1.807, 2.05) is 0 Å². The van der Waals surface area contributed by atoms with Crippen LogP contribution in [0, 0.1) is 6.92 Å². The van der Waals surface area contributed by atoms with Crippen molar-refractivity contribution in [3.8, 4) is 11.3 Å². The van der Waals surface area contributed by atoms with Crippen molar-refractivity contribution in [3.63, 3.8) is 0 Å². The lowest BCUT2D eigenvalue weighted by atomic mass is 10.1. The van der Waals surface area contributed by atoms with Crippen molar-refractivity contribution >= 4 is 0 Å². The van der Waals surface area contributed by atoms with E-state index in [0.29, 0.717) is 11.3 Å². The fourth-order valence-electron chi connectivity index (χ4n) is 2.24. The Bertz CT molecular complexity index is 914. The number of aryl methyl sites for hydroxylation is 1. The third-order valence-corrected chi connectivity index (χ3v) is 3.33. The molecule has 1 aromatic carbocycles. The molecular formula is C16H12F3N3O2. The minimum Gasteiger partial charge on any atom is -0.359 e. The van der Waals surface area contributed by atoms with Gasteiger partial charge in [-0.1, -0.05) is 35.5 Å². The van der Waals surface area contributed by atoms with Crippen LogP contribution < -0.4 is 5.56 Å². The molecule has 0 N–H and O–H groups in total. The Balaban J connectivity index is 2.15. The molecule has 0 spiro atoms. The largest absolute Gasteiger partial charge is 0.421 e. The van der Waals surface area contributed by atoms with E-state index in [1.165, 1.54) is 6.07 Å². The summed E-state index contributed by atoms with van der Waals surface area (Å²) in [6.45, 7) is 1.44. The number of halogens is 3. The van der Waals surface area contributed by atoms with Gasteiger partial charge in [0.05, 0.1) is 11.4 Å². The standard InChI is InChI=1S/C16H12F3N3O2/c1-10-7-12(24-21-10)9-22-15(23)13(16(17,18)19)8-14(20-22)11-5-3-2-4-6-11/h2-8H,9H2,1H3. The zero-order valence-corrected chi connectivity index (χ0v) is 12.5. The molecule has 3 rings (SSSR count). The van der Waals surface area contributed by atoms with Crippen molar-refractivity contribution in [3.05, 3.63) is 69.8 Å². The van der Waals surface area contributed by atoms with Gasteiger partial charge >= 0.3 is 6.18 Å². The van der Waals surface area contributed by atoms with Crippen LogP contribution in [-0.4, -0.2) is 14.9 Å². The quantitative estimate of drug-likeness (QED) is 0.737. The van der Waals surface area contributed by atoms with Gasteiger partial charge in [0.15, 0.2) is 5.76 Å². The van der Waals surface area contributed by atoms with Gasteiger partial charge < -0.3 is 4.52 Å². The molecule has 0 aliphatic rings. The van der Waals surface area contributed by atoms with Crippen LogP contribution in [0.15, 0.2) is 51.8 Å². The van der Waals surface area contributed by atoms with E-state index < -0.39 is 17.3 Å². The molecule has 0 aliphatic heterocycles. The number of benzene rings is 1. The lowest BCUT2D eigenvalue weighted by Crippen LogP contribution is -2.31. The van der Waals surface area contributed by atoms with Crippen LogP contribution in [0.2, 0.25) is 0 Å². The van der Waals surface area contributed by atoms with Gasteiger partial charge in [-0.25, -0.2) is 4.68 Å². The maximum atomic E-state index is 13.2. The molecule has 2 aromatic heterocycles. The van der Waals surface area contributed by atoms with Gasteiger partial charge in [0.25, 0.3) is 5.56 Å². The van der Waals surface area contributed by atoms with E-state index in [9.17, 15) is 18.0 Å². The highest BCUT2D eigenvalue weighted by atomic mass is 19.4. The Morgan fingerprint density at radius 2 is 1.88 bits per heavy atom. The first-order valence-corrected chi connectivity index (χ1v) is 7.01. The number of alkyl halides is 3. The Kier molecular flexibility index (Phi) is 3.96. The first-order chi connectivity index (χ1) is 11.3. The van der Waals surface area contributed by atoms with Crippen LogP contribution in [0.3, 0.4) is 0 Å². The summed E-state index contributed by atoms with van der Waals surface area (Å²) >= 11 is 0. The topological polar surface area (TPSA) is 60.9 Å². The molecule has 0 aliphatic carbocycles. The highest BCUT2D eigenvalue weighted by molar-refractivity contribution is 5.59. The molecule has 124 valence electrons. The van der Waals surface area contributed by atoms with Gasteiger partial charge in [-0.15, -0.1) is 0 Å². The van der Waals surface area contributed by atoms with Crippen LogP contribution in [0.4, 0.5) is 13.2 Å². The molecule has 3 aromatic rings. The smallest absolute Gasteiger partial charge is 0.359 e. The molecule has 0 atom stereocenters. The highest BCUT2D eigenvalue weighted by Gasteiger charge is 2.35. The molecule has 0 saturated heterocycles. The summed E-state index contributed by atoms with van der Waals surface area (Å²) in [5.41, 5.74) is -1.40. The normalized spacial score (nSPS) is 11.7. The van der Waals surface area contributed by atoms with Crippen LogP contribution >= 0.6 is 0 Å². The molecule has 5 nitrogen and oxygen atoms in total. The second-order valence-electron chi connectivity index (χ2n) is 5.20. The SMILES string of the molecule is Cc1cc(Cn2nc(-c3ccccc3)cc(C(F)(F)F)c2=O)on1. The average molecular weight is 335 g/mol. The van der Waals surface area contributed by atoms with Gasteiger partial charge in [-0.2, -0.15) is 18.3 Å². The van der Waals surface area contributed by atoms with E-state index in [4.69, 9.17) is 4.52 Å². The highest BCUT2D eigenvalue weighted by Crippen LogP contribution is 2.29. The monoisotopic (exact) mass is 335 g/mol. The molecule has 0 fully saturated rings. The van der Waals surface area contributed by atoms with E-state index in [0.717, 1.165) is 10.7 Å². The van der Waals surface area contributed by atoms with Crippen LogP contribution in [0.5, 0.6) is 0 Å². The van der Waals surface area contributed by atoms with Gasteiger partial charge in [-0.05, 0) is 13.0 Å². The first-order valence-electron chi connectivity index (χ1n) is 7.01. The first kappa shape index (κ1) is 16.0. The Hall–Kier alpha value is -2.90. The van der Waals surface area contributed by atoms with Crippen molar-refractivity contribution < 1.29 is 17.7 Å². The van der Waals surface area contributed by atoms with Crippen molar-refractivity contribution in [2.75, 3.05) is 0 Å². The lowest BCUT2D eigenvalue weighted by molar-refractivity contribution is -0.139. The summed E-state index contributed by atoms with van der Waals surface area (Å²) in [5.74, 6) is 0.250. The van der Waals surface area contributed by atoms with Gasteiger partial charge in [0.2, 0.25) is 0 Å². The predicted molar refractivity (Wildman–Crippen MR) is 79.3 cm³/mol. The predicted octanol–water partition coefficient (Wildman–Crippen LogP) is 3.27. The van der Waals surface area contributed by atoms with Gasteiger partial charge in [0, 0.05) is 11.6 Å². The maximum Gasteiger partial charge on any atom is 0.421 e. The summed E-state index contributed by atoms with van der Waals surface area (Å²) in [7, 11) is 0. The second kappa shape index (κ2) is 5.95. The van der Waals surface area contributed by atoms with Crippen molar-refractivity contribution in [2.45, 2.75) is 19.6 Å². The Morgan fingerprint density at radius 1 is 1.17 bits per heavy atom. The van der Waals surface area contributed by atoms with Crippen LogP contribution in [0.25, 0.3) is 11.3 Å². The maximum absolute atomic E-state index is 13.2. The molecule has 24 heavy (non-hydrogen) atoms. The fourth-order valence-corrected chi connectivity index (χ4v) is 2.24. The summed E-state index contributed by atoms with van der Waals surface area (Å²) in [6, 6.07) is 10.6. The van der Waals surface area contributed by atoms with Crippen LogP contribution in [0.1, 0.15) is 17.0 Å². The average Bonchev–Trinajstić information content (AvgIpc) is 2.94. The third kappa shape index (κ3) is 3.22. The Morgan fingerprint density at radius 3 is 2.46 bits per heavy atom. The number of aromatic nitrogens is 3. The second-order valence-corrected chi connectivity index (χ2v) is 5.20. The lowest BCUT2D eigenvalue weighted by Gasteiger charge is -2.11. The number of rotatable bonds is 3. The molecule has 8 heteroatoms. The number of hydrogen-bond donors (Lipinski definition) is 0. The molecule has 0 unspecified atom stereocenters. The van der Waals surface area contributed by atoms with Crippen molar-refractivity contribution in [1.29, 1.82) is 0 Å². The zero-order chi connectivity index (χ0) is 17.3. The van der Waals surface area contributed by atoms with Crippen molar-refractivity contribution in [1.82, 2.24) is 14.9 Å². The van der Waals surface area contributed by atoms with E-state index >= 15 is 0 Å². The fraction of sp³-hybridized carbons (Fsp3) is 0.188. The Labute approximate surface area is 134 Å². The third-order valence-electron chi connectivity index (χ3n) is 3.33. The minimum absolute atomic E-state index is 0.0544.